The number of aliphatic hydroxyl groups is 1. The van der Waals surface area contributed by atoms with Crippen molar-refractivity contribution in [2.24, 2.45) is 5.73 Å². The largest absolute Gasteiger partial charge is 0.400 e. The fourth-order valence-corrected chi connectivity index (χ4v) is 0.151. The van der Waals surface area contributed by atoms with Gasteiger partial charge in [-0.2, -0.15) is 0 Å². The van der Waals surface area contributed by atoms with Gasteiger partial charge in [-0.15, -0.1) is 6.58 Å². The second-order valence-electron chi connectivity index (χ2n) is 1.26. The van der Waals surface area contributed by atoms with Gasteiger partial charge in [0, 0.05) is 5.70 Å². The second-order valence-corrected chi connectivity index (χ2v) is 1.26. The van der Waals surface area contributed by atoms with Crippen LogP contribution in [0, 0.1) is 0 Å². The summed E-state index contributed by atoms with van der Waals surface area (Å²) in [5.74, 6) is 0. The number of nitrogens with two attached hydrogens (primary N) is 1. The fourth-order valence-electron chi connectivity index (χ4n) is 0.151. The van der Waals surface area contributed by atoms with Gasteiger partial charge in [0.25, 0.3) is 0 Å². The normalized spacial score (nSPS) is 12.7. The van der Waals surface area contributed by atoms with E-state index in [9.17, 15) is 0 Å². The van der Waals surface area contributed by atoms with E-state index in [0.717, 1.165) is 0 Å². The zero-order chi connectivity index (χ0) is 5.86. The van der Waals surface area contributed by atoms with Crippen LogP contribution in [-0.2, 0) is 0 Å². The fraction of sp³-hybridized carbons (Fsp3) is 0.200. The van der Waals surface area contributed by atoms with E-state index in [-0.39, 0.29) is 5.70 Å². The molecule has 0 aromatic heterocycles. The minimum Gasteiger partial charge on any atom is -0.400 e. The molecule has 3 N–H and O–H groups in total. The van der Waals surface area contributed by atoms with Crippen LogP contribution >= 0.6 is 0 Å². The minimum atomic E-state index is -0.750. The molecule has 0 radical (unpaired) electrons. The van der Waals surface area contributed by atoms with Gasteiger partial charge in [-0.25, -0.2) is 0 Å². The van der Waals surface area contributed by atoms with Gasteiger partial charge >= 0.3 is 0 Å². The third kappa shape index (κ3) is 2.00. The summed E-state index contributed by atoms with van der Waals surface area (Å²) in [6.45, 7) is 6.57. The summed E-state index contributed by atoms with van der Waals surface area (Å²) in [7, 11) is 0. The van der Waals surface area contributed by atoms with E-state index in [1.807, 2.05) is 0 Å². The van der Waals surface area contributed by atoms with Crippen LogP contribution < -0.4 is 5.73 Å². The summed E-state index contributed by atoms with van der Waals surface area (Å²) >= 11 is 0. The molecule has 0 rings (SSSR count). The summed E-state index contributed by atoms with van der Waals surface area (Å²) in [5.41, 5.74) is 5.26. The molecule has 7 heavy (non-hydrogen) atoms. The Kier molecular flexibility index (Phi) is 2.16. The van der Waals surface area contributed by atoms with Crippen LogP contribution in [0.25, 0.3) is 0 Å². The molecule has 40 valence electrons. The maximum Gasteiger partial charge on any atom is 0.110 e. The molecule has 0 fully saturated rings. The molecule has 2 nitrogen and oxygen atoms in total. The van der Waals surface area contributed by atoms with Crippen molar-refractivity contribution in [3.8, 4) is 0 Å². The standard InChI is InChI=1S/C5H9NO/c1-3-5(7)4(2)6/h3,5,7H,1-2,6H2. The lowest BCUT2D eigenvalue weighted by Gasteiger charge is -1.99. The molecule has 0 aliphatic carbocycles. The molecular weight excluding hydrogens is 90.1 g/mol. The third-order valence-electron chi connectivity index (χ3n) is 0.603. The summed E-state index contributed by atoms with van der Waals surface area (Å²) < 4.78 is 0. The molecule has 0 aliphatic heterocycles. The van der Waals surface area contributed by atoms with E-state index in [4.69, 9.17) is 10.8 Å². The van der Waals surface area contributed by atoms with Crippen molar-refractivity contribution in [1.82, 2.24) is 0 Å². The first-order chi connectivity index (χ1) is 3.18. The molecule has 0 aromatic carbocycles. The van der Waals surface area contributed by atoms with Crippen molar-refractivity contribution in [3.05, 3.63) is 24.9 Å². The van der Waals surface area contributed by atoms with Crippen LogP contribution in [-0.4, -0.2) is 11.2 Å². The van der Waals surface area contributed by atoms with Crippen LogP contribution in [0.5, 0.6) is 0 Å². The topological polar surface area (TPSA) is 46.2 Å². The summed E-state index contributed by atoms with van der Waals surface area (Å²) in [6, 6.07) is 0. The molecule has 0 spiro atoms. The van der Waals surface area contributed by atoms with Gasteiger partial charge < -0.3 is 10.8 Å². The molecular formula is C5H9NO. The van der Waals surface area contributed by atoms with E-state index in [1.165, 1.54) is 6.08 Å². The molecule has 2 heteroatoms. The molecule has 0 saturated heterocycles. The first-order valence-corrected chi connectivity index (χ1v) is 1.93. The zero-order valence-corrected chi connectivity index (χ0v) is 4.09. The van der Waals surface area contributed by atoms with Gasteiger partial charge in [0.15, 0.2) is 0 Å². The minimum absolute atomic E-state index is 0.231. The lowest BCUT2D eigenvalue weighted by molar-refractivity contribution is 0.258. The van der Waals surface area contributed by atoms with Gasteiger partial charge in [-0.1, -0.05) is 12.7 Å². The highest BCUT2D eigenvalue weighted by molar-refractivity contribution is 5.03. The van der Waals surface area contributed by atoms with Crippen LogP contribution in [0.2, 0.25) is 0 Å². The Bertz CT molecular complexity index is 88.1. The monoisotopic (exact) mass is 99.1 g/mol. The predicted molar refractivity (Wildman–Crippen MR) is 29.5 cm³/mol. The quantitative estimate of drug-likeness (QED) is 0.479. The van der Waals surface area contributed by atoms with Gasteiger partial charge in [-0.05, 0) is 0 Å². The smallest absolute Gasteiger partial charge is 0.110 e. The zero-order valence-electron chi connectivity index (χ0n) is 4.09. The van der Waals surface area contributed by atoms with E-state index in [0.29, 0.717) is 0 Å². The summed E-state index contributed by atoms with van der Waals surface area (Å²) in [4.78, 5) is 0. The lowest BCUT2D eigenvalue weighted by Crippen LogP contribution is -2.12. The number of rotatable bonds is 2. The van der Waals surface area contributed by atoms with Crippen molar-refractivity contribution in [2.75, 3.05) is 0 Å². The molecule has 1 atom stereocenters. The number of aliphatic hydroxyl groups excluding tert-OH is 1. The Hall–Kier alpha value is -0.760. The average molecular weight is 99.1 g/mol. The van der Waals surface area contributed by atoms with Crippen LogP contribution in [0.3, 0.4) is 0 Å². The lowest BCUT2D eigenvalue weighted by atomic mass is 10.3. The van der Waals surface area contributed by atoms with E-state index in [2.05, 4.69) is 13.2 Å². The molecule has 0 amide bonds. The first-order valence-electron chi connectivity index (χ1n) is 1.93. The van der Waals surface area contributed by atoms with Gasteiger partial charge in [-0.3, -0.25) is 0 Å². The van der Waals surface area contributed by atoms with Crippen molar-refractivity contribution in [2.45, 2.75) is 6.10 Å². The van der Waals surface area contributed by atoms with E-state index < -0.39 is 6.10 Å². The van der Waals surface area contributed by atoms with Crippen molar-refractivity contribution in [3.63, 3.8) is 0 Å². The Morgan fingerprint density at radius 1 is 1.86 bits per heavy atom. The highest BCUT2D eigenvalue weighted by Gasteiger charge is 1.94. The van der Waals surface area contributed by atoms with Gasteiger partial charge in [0.05, 0.1) is 0 Å². The molecule has 0 saturated carbocycles. The first kappa shape index (κ1) is 6.24. The highest BCUT2D eigenvalue weighted by atomic mass is 16.3. The van der Waals surface area contributed by atoms with Crippen molar-refractivity contribution < 1.29 is 5.11 Å². The van der Waals surface area contributed by atoms with Crippen molar-refractivity contribution >= 4 is 0 Å². The molecule has 0 aliphatic rings. The van der Waals surface area contributed by atoms with Crippen LogP contribution in [0.4, 0.5) is 0 Å². The average Bonchev–Trinajstić information content (AvgIpc) is 1.65. The highest BCUT2D eigenvalue weighted by Crippen LogP contribution is 1.88. The van der Waals surface area contributed by atoms with Crippen LogP contribution in [0.15, 0.2) is 24.9 Å². The van der Waals surface area contributed by atoms with E-state index >= 15 is 0 Å². The Morgan fingerprint density at radius 3 is 2.29 bits per heavy atom. The Labute approximate surface area is 43.0 Å². The summed E-state index contributed by atoms with van der Waals surface area (Å²) in [5, 5.41) is 8.59. The van der Waals surface area contributed by atoms with Gasteiger partial charge in [0.1, 0.15) is 6.10 Å². The van der Waals surface area contributed by atoms with E-state index in [1.54, 1.807) is 0 Å². The SMILES string of the molecule is C=CC(O)C(=C)N. The number of hydrogen-bond acceptors (Lipinski definition) is 2. The predicted octanol–water partition coefficient (Wildman–Crippen LogP) is 0.00570. The van der Waals surface area contributed by atoms with Gasteiger partial charge in [0.2, 0.25) is 0 Å². The maximum atomic E-state index is 8.59. The Balaban J connectivity index is 3.55. The third-order valence-corrected chi connectivity index (χ3v) is 0.603. The van der Waals surface area contributed by atoms with Crippen molar-refractivity contribution in [1.29, 1.82) is 0 Å². The maximum absolute atomic E-state index is 8.59. The summed E-state index contributed by atoms with van der Waals surface area (Å²) in [6.07, 6.45) is 0.572. The van der Waals surface area contributed by atoms with Crippen LogP contribution in [0.1, 0.15) is 0 Å². The molecule has 1 unspecified atom stereocenters. The molecule has 0 aromatic rings. The second kappa shape index (κ2) is 2.42. The number of hydrogen-bond donors (Lipinski definition) is 2. The Morgan fingerprint density at radius 2 is 2.29 bits per heavy atom. The molecule has 0 bridgehead atoms. The molecule has 0 heterocycles.